The van der Waals surface area contributed by atoms with Crippen molar-refractivity contribution in [3.8, 4) is 5.75 Å². The van der Waals surface area contributed by atoms with Crippen molar-refractivity contribution in [3.05, 3.63) is 52.5 Å². The van der Waals surface area contributed by atoms with E-state index in [1.165, 1.54) is 29.6 Å². The van der Waals surface area contributed by atoms with Crippen molar-refractivity contribution in [1.29, 1.82) is 0 Å². The molecule has 29 heavy (non-hydrogen) atoms. The van der Waals surface area contributed by atoms with Crippen LogP contribution in [0.4, 0.5) is 5.69 Å². The fourth-order valence-corrected chi connectivity index (χ4v) is 5.34. The number of nitrogens with zero attached hydrogens (tertiary/aromatic N) is 1. The average Bonchev–Trinajstić information content (AvgIpc) is 2.99. The van der Waals surface area contributed by atoms with Gasteiger partial charge >= 0.3 is 0 Å². The Morgan fingerprint density at radius 3 is 2.38 bits per heavy atom. The number of carbonyl (C=O) groups is 1. The van der Waals surface area contributed by atoms with Crippen molar-refractivity contribution < 1.29 is 17.9 Å². The smallest absolute Gasteiger partial charge is 0.255 e. The van der Waals surface area contributed by atoms with E-state index >= 15 is 0 Å². The number of anilines is 1. The second-order valence-electron chi connectivity index (χ2n) is 7.12. The molecule has 0 atom stereocenters. The lowest BCUT2D eigenvalue weighted by atomic mass is 10.2. The van der Waals surface area contributed by atoms with Gasteiger partial charge in [-0.25, -0.2) is 8.42 Å². The van der Waals surface area contributed by atoms with Gasteiger partial charge in [0, 0.05) is 18.7 Å². The number of nitrogens with one attached hydrogen (secondary N) is 1. The molecule has 0 aliphatic carbocycles. The van der Waals surface area contributed by atoms with Crippen LogP contribution in [0.5, 0.6) is 5.75 Å². The van der Waals surface area contributed by atoms with Crippen molar-refractivity contribution in [1.82, 2.24) is 4.31 Å². The predicted molar refractivity (Wildman–Crippen MR) is 114 cm³/mol. The van der Waals surface area contributed by atoms with Crippen LogP contribution in [0.1, 0.15) is 41.6 Å². The minimum Gasteiger partial charge on any atom is -0.495 e. The number of amides is 1. The highest BCUT2D eigenvalue weighted by Gasteiger charge is 2.29. The average molecular weight is 437 g/mol. The molecule has 1 N–H and O–H groups in total. The highest BCUT2D eigenvalue weighted by Crippen LogP contribution is 2.30. The minimum atomic E-state index is -3.77. The van der Waals surface area contributed by atoms with Crippen molar-refractivity contribution >= 4 is 33.2 Å². The maximum absolute atomic E-state index is 13.2. The summed E-state index contributed by atoms with van der Waals surface area (Å²) in [5, 5.41) is 3.16. The number of hydrogen-bond acceptors (Lipinski definition) is 4. The van der Waals surface area contributed by atoms with Gasteiger partial charge in [0.15, 0.2) is 0 Å². The third-order valence-corrected chi connectivity index (χ3v) is 7.21. The molecule has 2 aromatic carbocycles. The zero-order valence-corrected chi connectivity index (χ0v) is 18.1. The second-order valence-corrected chi connectivity index (χ2v) is 9.43. The normalized spacial score (nSPS) is 15.6. The first-order valence-corrected chi connectivity index (χ1v) is 11.4. The number of ether oxygens (including phenoxy) is 1. The summed E-state index contributed by atoms with van der Waals surface area (Å²) in [6.45, 7) is 2.85. The zero-order valence-electron chi connectivity index (χ0n) is 16.6. The Balaban J connectivity index is 1.92. The predicted octanol–water partition coefficient (Wildman–Crippen LogP) is 4.47. The zero-order chi connectivity index (χ0) is 21.0. The molecule has 1 aliphatic heterocycles. The largest absolute Gasteiger partial charge is 0.495 e. The number of benzene rings is 2. The molecule has 6 nitrogen and oxygen atoms in total. The van der Waals surface area contributed by atoms with E-state index in [1.54, 1.807) is 12.1 Å². The molecule has 3 rings (SSSR count). The van der Waals surface area contributed by atoms with Crippen LogP contribution >= 0.6 is 11.6 Å². The standard InChI is InChI=1S/C21H25ClN2O4S/c1-15-7-9-18(17(22)13-15)23-21(25)16-8-10-19(28-2)20(14-16)29(26,27)24-11-5-3-4-6-12-24/h7-10,13-14H,3-6,11-12H2,1-2H3,(H,23,25). The minimum absolute atomic E-state index is 0.00422. The summed E-state index contributed by atoms with van der Waals surface area (Å²) in [4.78, 5) is 12.7. The summed E-state index contributed by atoms with van der Waals surface area (Å²) in [6, 6.07) is 9.73. The van der Waals surface area contributed by atoms with Gasteiger partial charge in [0.1, 0.15) is 10.6 Å². The summed E-state index contributed by atoms with van der Waals surface area (Å²) in [5.74, 6) is -0.218. The Morgan fingerprint density at radius 2 is 1.76 bits per heavy atom. The molecular formula is C21H25ClN2O4S. The van der Waals surface area contributed by atoms with Gasteiger partial charge in [0.05, 0.1) is 17.8 Å². The molecule has 1 aliphatic rings. The molecule has 0 radical (unpaired) electrons. The molecule has 0 saturated carbocycles. The summed E-state index contributed by atoms with van der Waals surface area (Å²) in [7, 11) is -2.35. The van der Waals surface area contributed by atoms with Crippen LogP contribution in [0.2, 0.25) is 5.02 Å². The van der Waals surface area contributed by atoms with E-state index in [2.05, 4.69) is 5.32 Å². The molecule has 1 heterocycles. The lowest BCUT2D eigenvalue weighted by Gasteiger charge is -2.21. The maximum atomic E-state index is 13.2. The highest BCUT2D eigenvalue weighted by molar-refractivity contribution is 7.89. The second kappa shape index (κ2) is 9.15. The van der Waals surface area contributed by atoms with Gasteiger partial charge in [-0.3, -0.25) is 4.79 Å². The van der Waals surface area contributed by atoms with Crippen molar-refractivity contribution in [2.75, 3.05) is 25.5 Å². The molecule has 8 heteroatoms. The van der Waals surface area contributed by atoms with E-state index in [-0.39, 0.29) is 16.2 Å². The lowest BCUT2D eigenvalue weighted by Crippen LogP contribution is -2.32. The number of halogens is 1. The first-order chi connectivity index (χ1) is 13.8. The van der Waals surface area contributed by atoms with Gasteiger partial charge in [0.2, 0.25) is 10.0 Å². The molecule has 0 aromatic heterocycles. The number of rotatable bonds is 5. The molecular weight excluding hydrogens is 412 g/mol. The quantitative estimate of drug-likeness (QED) is 0.750. The number of sulfonamides is 1. The Kier molecular flexibility index (Phi) is 6.82. The van der Waals surface area contributed by atoms with Crippen LogP contribution in [-0.2, 0) is 10.0 Å². The number of hydrogen-bond donors (Lipinski definition) is 1. The molecule has 0 bridgehead atoms. The van der Waals surface area contributed by atoms with E-state index in [9.17, 15) is 13.2 Å². The molecule has 0 unspecified atom stereocenters. The van der Waals surface area contributed by atoms with Crippen LogP contribution in [-0.4, -0.2) is 38.8 Å². The van der Waals surface area contributed by atoms with Crippen LogP contribution in [0, 0.1) is 6.92 Å². The van der Waals surface area contributed by atoms with E-state index in [4.69, 9.17) is 16.3 Å². The molecule has 2 aromatic rings. The topological polar surface area (TPSA) is 75.7 Å². The molecule has 1 fully saturated rings. The van der Waals surface area contributed by atoms with Crippen molar-refractivity contribution in [3.63, 3.8) is 0 Å². The Hall–Kier alpha value is -2.09. The summed E-state index contributed by atoms with van der Waals surface area (Å²) < 4.78 is 33.2. The van der Waals surface area contributed by atoms with E-state index in [0.717, 1.165) is 31.2 Å². The van der Waals surface area contributed by atoms with Crippen molar-refractivity contribution in [2.24, 2.45) is 0 Å². The van der Waals surface area contributed by atoms with E-state index < -0.39 is 15.9 Å². The fourth-order valence-electron chi connectivity index (χ4n) is 3.36. The van der Waals surface area contributed by atoms with Gasteiger partial charge < -0.3 is 10.1 Å². The van der Waals surface area contributed by atoms with Crippen LogP contribution in [0.3, 0.4) is 0 Å². The van der Waals surface area contributed by atoms with Crippen molar-refractivity contribution in [2.45, 2.75) is 37.5 Å². The molecule has 1 saturated heterocycles. The molecule has 1 amide bonds. The lowest BCUT2D eigenvalue weighted by molar-refractivity contribution is 0.102. The van der Waals surface area contributed by atoms with Gasteiger partial charge in [-0.2, -0.15) is 4.31 Å². The Morgan fingerprint density at radius 1 is 1.07 bits per heavy atom. The number of carbonyl (C=O) groups excluding carboxylic acids is 1. The Labute approximate surface area is 176 Å². The van der Waals surface area contributed by atoms with Gasteiger partial charge in [-0.15, -0.1) is 0 Å². The summed E-state index contributed by atoms with van der Waals surface area (Å²) in [6.07, 6.45) is 3.69. The van der Waals surface area contributed by atoms with Crippen LogP contribution in [0.15, 0.2) is 41.3 Å². The van der Waals surface area contributed by atoms with Gasteiger partial charge in [0.25, 0.3) is 5.91 Å². The van der Waals surface area contributed by atoms with E-state index in [1.807, 2.05) is 13.0 Å². The Bertz CT molecular complexity index is 1000. The summed E-state index contributed by atoms with van der Waals surface area (Å²) in [5.41, 5.74) is 1.66. The number of methoxy groups -OCH3 is 1. The third-order valence-electron chi connectivity index (χ3n) is 4.98. The first kappa shape index (κ1) is 21.6. The summed E-state index contributed by atoms with van der Waals surface area (Å²) >= 11 is 6.19. The molecule has 156 valence electrons. The van der Waals surface area contributed by atoms with Crippen LogP contribution in [0.25, 0.3) is 0 Å². The molecule has 0 spiro atoms. The number of aryl methyl sites for hydroxylation is 1. The van der Waals surface area contributed by atoms with Gasteiger partial charge in [-0.05, 0) is 55.7 Å². The van der Waals surface area contributed by atoms with Crippen LogP contribution < -0.4 is 10.1 Å². The first-order valence-electron chi connectivity index (χ1n) is 9.58. The monoisotopic (exact) mass is 436 g/mol. The fraction of sp³-hybridized carbons (Fsp3) is 0.381. The van der Waals surface area contributed by atoms with Gasteiger partial charge in [-0.1, -0.05) is 30.5 Å². The van der Waals surface area contributed by atoms with E-state index in [0.29, 0.717) is 23.8 Å². The highest BCUT2D eigenvalue weighted by atomic mass is 35.5. The SMILES string of the molecule is COc1ccc(C(=O)Nc2ccc(C)cc2Cl)cc1S(=O)(=O)N1CCCCCC1. The third kappa shape index (κ3) is 4.91. The maximum Gasteiger partial charge on any atom is 0.255 e.